The Labute approximate surface area is 173 Å². The number of anilines is 2. The molecule has 2 N–H and O–H groups in total. The standard InChI is InChI=1S/C23H29N3OS/c1-26(19-7-3-2-4-8-19)22(27)18-13-11-17(12-14-18)15-23(16-28)24-20-9-5-6-10-21(20)25-23/h5-6,9-14,19,24-25,28H,2-4,7-8,15-16H2,1H3. The molecule has 0 spiro atoms. The van der Waals surface area contributed by atoms with Crippen molar-refractivity contribution < 1.29 is 4.79 Å². The van der Waals surface area contributed by atoms with Gasteiger partial charge in [0.05, 0.1) is 11.4 Å². The Bertz CT molecular complexity index is 805. The molecule has 0 unspecified atom stereocenters. The number of nitrogens with one attached hydrogen (secondary N) is 2. The zero-order valence-electron chi connectivity index (χ0n) is 16.4. The largest absolute Gasteiger partial charge is 0.360 e. The monoisotopic (exact) mass is 395 g/mol. The first kappa shape index (κ1) is 19.2. The maximum absolute atomic E-state index is 12.9. The number of rotatable bonds is 5. The molecule has 1 heterocycles. The first-order valence-electron chi connectivity index (χ1n) is 10.2. The molecule has 2 aromatic carbocycles. The molecule has 2 aliphatic rings. The van der Waals surface area contributed by atoms with Crippen molar-refractivity contribution in [3.63, 3.8) is 0 Å². The molecule has 0 atom stereocenters. The number of fused-ring (bicyclic) bond motifs is 1. The number of carbonyl (C=O) groups excluding carboxylic acids is 1. The van der Waals surface area contributed by atoms with Gasteiger partial charge in [-0.15, -0.1) is 0 Å². The van der Waals surface area contributed by atoms with Crippen LogP contribution in [0.1, 0.15) is 48.0 Å². The lowest BCUT2D eigenvalue weighted by Gasteiger charge is -2.31. The molecule has 4 rings (SSSR count). The van der Waals surface area contributed by atoms with Crippen molar-refractivity contribution in [2.75, 3.05) is 23.4 Å². The number of benzene rings is 2. The van der Waals surface area contributed by atoms with E-state index in [1.807, 2.05) is 36.2 Å². The van der Waals surface area contributed by atoms with Gasteiger partial charge in [-0.05, 0) is 42.7 Å². The van der Waals surface area contributed by atoms with Gasteiger partial charge in [0, 0.05) is 30.8 Å². The van der Waals surface area contributed by atoms with Gasteiger partial charge in [0.15, 0.2) is 0 Å². The molecule has 28 heavy (non-hydrogen) atoms. The summed E-state index contributed by atoms with van der Waals surface area (Å²) < 4.78 is 0. The Morgan fingerprint density at radius 3 is 2.21 bits per heavy atom. The molecule has 1 saturated carbocycles. The number of hydrogen-bond acceptors (Lipinski definition) is 4. The molecular weight excluding hydrogens is 366 g/mol. The maximum Gasteiger partial charge on any atom is 0.253 e. The van der Waals surface area contributed by atoms with Crippen molar-refractivity contribution in [1.29, 1.82) is 0 Å². The van der Waals surface area contributed by atoms with E-state index in [1.54, 1.807) is 0 Å². The molecule has 1 fully saturated rings. The molecule has 5 heteroatoms. The van der Waals surface area contributed by atoms with Crippen LogP contribution in [0.2, 0.25) is 0 Å². The molecule has 1 aliphatic heterocycles. The molecule has 0 saturated heterocycles. The second kappa shape index (κ2) is 8.08. The molecule has 2 aromatic rings. The number of carbonyl (C=O) groups is 1. The number of para-hydroxylation sites is 2. The minimum atomic E-state index is -0.308. The van der Waals surface area contributed by atoms with Crippen LogP contribution >= 0.6 is 12.6 Å². The first-order valence-corrected chi connectivity index (χ1v) is 10.9. The quantitative estimate of drug-likeness (QED) is 0.638. The van der Waals surface area contributed by atoms with Crippen molar-refractivity contribution in [3.05, 3.63) is 59.7 Å². The fraction of sp³-hybridized carbons (Fsp3) is 0.435. The second-order valence-electron chi connectivity index (χ2n) is 8.12. The summed E-state index contributed by atoms with van der Waals surface area (Å²) in [7, 11) is 1.95. The van der Waals surface area contributed by atoms with Crippen molar-refractivity contribution in [2.24, 2.45) is 0 Å². The lowest BCUT2D eigenvalue weighted by Crippen LogP contribution is -2.46. The summed E-state index contributed by atoms with van der Waals surface area (Å²) in [5.74, 6) is 0.791. The van der Waals surface area contributed by atoms with Crippen LogP contribution in [-0.4, -0.2) is 35.3 Å². The molecule has 1 aliphatic carbocycles. The summed E-state index contributed by atoms with van der Waals surface area (Å²) in [6.07, 6.45) is 6.81. The summed E-state index contributed by atoms with van der Waals surface area (Å²) in [6, 6.07) is 16.7. The van der Waals surface area contributed by atoms with E-state index in [2.05, 4.69) is 47.5 Å². The third kappa shape index (κ3) is 3.86. The summed E-state index contributed by atoms with van der Waals surface area (Å²) in [5.41, 5.74) is 3.86. The lowest BCUT2D eigenvalue weighted by molar-refractivity contribution is 0.0696. The van der Waals surface area contributed by atoms with Crippen LogP contribution < -0.4 is 10.6 Å². The van der Waals surface area contributed by atoms with Gasteiger partial charge in [0.2, 0.25) is 0 Å². The van der Waals surface area contributed by atoms with Crippen molar-refractivity contribution >= 4 is 29.9 Å². The molecule has 0 bridgehead atoms. The highest BCUT2D eigenvalue weighted by Gasteiger charge is 2.35. The van der Waals surface area contributed by atoms with Gasteiger partial charge >= 0.3 is 0 Å². The van der Waals surface area contributed by atoms with E-state index < -0.39 is 0 Å². The second-order valence-corrected chi connectivity index (χ2v) is 8.43. The lowest BCUT2D eigenvalue weighted by atomic mass is 9.94. The van der Waals surface area contributed by atoms with Crippen LogP contribution in [0.25, 0.3) is 0 Å². The third-order valence-electron chi connectivity index (χ3n) is 6.09. The van der Waals surface area contributed by atoms with Crippen LogP contribution in [-0.2, 0) is 6.42 Å². The van der Waals surface area contributed by atoms with E-state index in [0.717, 1.165) is 36.2 Å². The van der Waals surface area contributed by atoms with E-state index in [0.29, 0.717) is 11.8 Å². The summed E-state index contributed by atoms with van der Waals surface area (Å²) >= 11 is 4.59. The number of amides is 1. The van der Waals surface area contributed by atoms with Crippen molar-refractivity contribution in [2.45, 2.75) is 50.2 Å². The van der Waals surface area contributed by atoms with Crippen molar-refractivity contribution in [1.82, 2.24) is 4.90 Å². The summed E-state index contributed by atoms with van der Waals surface area (Å²) in [5, 5.41) is 7.16. The third-order valence-corrected chi connectivity index (χ3v) is 6.63. The van der Waals surface area contributed by atoms with Crippen LogP contribution in [0, 0.1) is 0 Å². The number of thiol groups is 1. The highest BCUT2D eigenvalue weighted by atomic mass is 32.1. The van der Waals surface area contributed by atoms with Crippen molar-refractivity contribution in [3.8, 4) is 0 Å². The van der Waals surface area contributed by atoms with Crippen LogP contribution in [0.4, 0.5) is 11.4 Å². The smallest absolute Gasteiger partial charge is 0.253 e. The number of hydrogen-bond donors (Lipinski definition) is 3. The highest BCUT2D eigenvalue weighted by molar-refractivity contribution is 7.80. The predicted molar refractivity (Wildman–Crippen MR) is 119 cm³/mol. The van der Waals surface area contributed by atoms with Crippen LogP contribution in [0.15, 0.2) is 48.5 Å². The first-order chi connectivity index (χ1) is 13.6. The molecule has 0 radical (unpaired) electrons. The molecular formula is C23H29N3OS. The minimum absolute atomic E-state index is 0.131. The van der Waals surface area contributed by atoms with E-state index in [4.69, 9.17) is 0 Å². The van der Waals surface area contributed by atoms with Gasteiger partial charge < -0.3 is 15.5 Å². The highest BCUT2D eigenvalue weighted by Crippen LogP contribution is 2.36. The Morgan fingerprint density at radius 2 is 1.64 bits per heavy atom. The van der Waals surface area contributed by atoms with Gasteiger partial charge in [0.25, 0.3) is 5.91 Å². The van der Waals surface area contributed by atoms with Gasteiger partial charge in [-0.25, -0.2) is 0 Å². The van der Waals surface area contributed by atoms with E-state index in [-0.39, 0.29) is 11.6 Å². The average Bonchev–Trinajstić information content (AvgIpc) is 3.12. The molecule has 1 amide bonds. The topological polar surface area (TPSA) is 44.4 Å². The zero-order valence-corrected chi connectivity index (χ0v) is 17.3. The SMILES string of the molecule is CN(C(=O)c1ccc(CC2(CS)Nc3ccccc3N2)cc1)C1CCCCC1. The molecule has 0 aromatic heterocycles. The molecule has 148 valence electrons. The fourth-order valence-corrected chi connectivity index (χ4v) is 4.69. The van der Waals surface area contributed by atoms with E-state index in [9.17, 15) is 4.79 Å². The zero-order chi connectivity index (χ0) is 19.6. The Morgan fingerprint density at radius 1 is 1.04 bits per heavy atom. The number of nitrogens with zero attached hydrogens (tertiary/aromatic N) is 1. The van der Waals surface area contributed by atoms with E-state index >= 15 is 0 Å². The Balaban J connectivity index is 1.44. The van der Waals surface area contributed by atoms with E-state index in [1.165, 1.54) is 24.8 Å². The Hall–Kier alpha value is -2.14. The van der Waals surface area contributed by atoms with Crippen LogP contribution in [0.5, 0.6) is 0 Å². The Kier molecular flexibility index (Phi) is 5.54. The van der Waals surface area contributed by atoms with Gasteiger partial charge in [-0.2, -0.15) is 12.6 Å². The maximum atomic E-state index is 12.9. The van der Waals surface area contributed by atoms with Crippen LogP contribution in [0.3, 0.4) is 0 Å². The summed E-state index contributed by atoms with van der Waals surface area (Å²) in [4.78, 5) is 14.8. The summed E-state index contributed by atoms with van der Waals surface area (Å²) in [6.45, 7) is 0. The average molecular weight is 396 g/mol. The molecule has 4 nitrogen and oxygen atoms in total. The minimum Gasteiger partial charge on any atom is -0.360 e. The van der Waals surface area contributed by atoms with Gasteiger partial charge in [-0.1, -0.05) is 43.5 Å². The predicted octanol–water partition coefficient (Wildman–Crippen LogP) is 4.80. The fourth-order valence-electron chi connectivity index (χ4n) is 4.42. The normalized spacial score (nSPS) is 18.1. The van der Waals surface area contributed by atoms with Gasteiger partial charge in [-0.3, -0.25) is 4.79 Å². The van der Waals surface area contributed by atoms with Gasteiger partial charge in [0.1, 0.15) is 5.66 Å².